The maximum absolute atomic E-state index is 13.5. The molecule has 0 aliphatic rings. The van der Waals surface area contributed by atoms with E-state index in [0.717, 1.165) is 12.8 Å². The topological polar surface area (TPSA) is 63.4 Å². The number of nitrogens with zero attached hydrogens (tertiary/aromatic N) is 1. The van der Waals surface area contributed by atoms with Crippen LogP contribution in [0.2, 0.25) is 0 Å². The van der Waals surface area contributed by atoms with Crippen LogP contribution in [0.15, 0.2) is 11.0 Å². The third kappa shape index (κ3) is 3.06. The quantitative estimate of drug-likeness (QED) is 0.846. The van der Waals surface area contributed by atoms with Crippen molar-refractivity contribution >= 4 is 15.7 Å². The second-order valence-corrected chi connectivity index (χ2v) is 6.70. The summed E-state index contributed by atoms with van der Waals surface area (Å²) in [4.78, 5) is 0.116. The van der Waals surface area contributed by atoms with Crippen molar-refractivity contribution in [1.29, 1.82) is 0 Å². The molecule has 1 rings (SSSR count). The summed E-state index contributed by atoms with van der Waals surface area (Å²) in [6.45, 7) is 5.55. The van der Waals surface area contributed by atoms with Crippen LogP contribution in [0.5, 0.6) is 0 Å². The largest absolute Gasteiger partial charge is 0.396 e. The highest BCUT2D eigenvalue weighted by Crippen LogP contribution is 2.29. The third-order valence-corrected chi connectivity index (χ3v) is 5.35. The molecule has 0 spiro atoms. The predicted molar refractivity (Wildman–Crippen MR) is 75.0 cm³/mol. The number of aryl methyl sites for hydroxylation is 1. The average molecular weight is 288 g/mol. The maximum atomic E-state index is 13.5. The smallest absolute Gasteiger partial charge is 0.243 e. The van der Waals surface area contributed by atoms with E-state index in [1.807, 2.05) is 6.92 Å². The summed E-state index contributed by atoms with van der Waals surface area (Å²) in [5.41, 5.74) is 6.15. The van der Waals surface area contributed by atoms with E-state index in [4.69, 9.17) is 5.73 Å². The molecule has 0 bridgehead atoms. The number of rotatable bonds is 5. The Hall–Kier alpha value is -1.14. The number of sulfonamides is 1. The van der Waals surface area contributed by atoms with Crippen LogP contribution < -0.4 is 5.73 Å². The predicted octanol–water partition coefficient (Wildman–Crippen LogP) is 2.45. The molecule has 0 fully saturated rings. The molecule has 0 heterocycles. The fraction of sp³-hybridized carbons (Fsp3) is 0.538. The summed E-state index contributed by atoms with van der Waals surface area (Å²) < 4.78 is 39.8. The average Bonchev–Trinajstić information content (AvgIpc) is 2.32. The summed E-state index contributed by atoms with van der Waals surface area (Å²) >= 11 is 0. The van der Waals surface area contributed by atoms with Gasteiger partial charge < -0.3 is 5.73 Å². The lowest BCUT2D eigenvalue weighted by Crippen LogP contribution is -2.29. The van der Waals surface area contributed by atoms with Crippen LogP contribution in [-0.4, -0.2) is 26.3 Å². The fourth-order valence-electron chi connectivity index (χ4n) is 1.98. The van der Waals surface area contributed by atoms with Gasteiger partial charge in [-0.1, -0.05) is 13.3 Å². The third-order valence-electron chi connectivity index (χ3n) is 3.20. The number of anilines is 1. The minimum Gasteiger partial charge on any atom is -0.396 e. The zero-order chi connectivity index (χ0) is 14.8. The summed E-state index contributed by atoms with van der Waals surface area (Å²) in [6, 6.07) is 1.17. The molecule has 0 unspecified atom stereocenters. The van der Waals surface area contributed by atoms with Gasteiger partial charge in [-0.25, -0.2) is 17.1 Å². The highest BCUT2D eigenvalue weighted by molar-refractivity contribution is 7.89. The van der Waals surface area contributed by atoms with E-state index in [1.165, 1.54) is 24.3 Å². The van der Waals surface area contributed by atoms with Crippen LogP contribution in [0, 0.1) is 19.7 Å². The van der Waals surface area contributed by atoms with E-state index in [9.17, 15) is 12.8 Å². The van der Waals surface area contributed by atoms with Crippen molar-refractivity contribution in [3.05, 3.63) is 23.0 Å². The Morgan fingerprint density at radius 3 is 2.47 bits per heavy atom. The number of hydrogen-bond acceptors (Lipinski definition) is 3. The molecule has 19 heavy (non-hydrogen) atoms. The first-order valence-corrected chi connectivity index (χ1v) is 7.69. The summed E-state index contributed by atoms with van der Waals surface area (Å²) in [5.74, 6) is -0.579. The van der Waals surface area contributed by atoms with Gasteiger partial charge in [-0.15, -0.1) is 0 Å². The highest BCUT2D eigenvalue weighted by atomic mass is 32.2. The molecule has 4 nitrogen and oxygen atoms in total. The first-order chi connectivity index (χ1) is 8.73. The molecule has 2 N–H and O–H groups in total. The van der Waals surface area contributed by atoms with Gasteiger partial charge in [-0.3, -0.25) is 0 Å². The van der Waals surface area contributed by atoms with Gasteiger partial charge in [-0.2, -0.15) is 0 Å². The van der Waals surface area contributed by atoms with Crippen LogP contribution in [0.4, 0.5) is 10.1 Å². The summed E-state index contributed by atoms with van der Waals surface area (Å²) in [6.07, 6.45) is 1.69. The number of nitrogen functional groups attached to an aromatic ring is 1. The van der Waals surface area contributed by atoms with E-state index in [1.54, 1.807) is 6.92 Å². The Kier molecular flexibility index (Phi) is 4.92. The van der Waals surface area contributed by atoms with Crippen LogP contribution in [0.25, 0.3) is 0 Å². The van der Waals surface area contributed by atoms with Crippen molar-refractivity contribution in [2.75, 3.05) is 19.3 Å². The van der Waals surface area contributed by atoms with Gasteiger partial charge in [0, 0.05) is 13.6 Å². The van der Waals surface area contributed by atoms with Crippen molar-refractivity contribution < 1.29 is 12.8 Å². The Labute approximate surface area is 114 Å². The van der Waals surface area contributed by atoms with Crippen LogP contribution >= 0.6 is 0 Å². The molecule has 0 atom stereocenters. The first kappa shape index (κ1) is 15.9. The lowest BCUT2D eigenvalue weighted by Gasteiger charge is -2.20. The molecule has 0 aromatic heterocycles. The van der Waals surface area contributed by atoms with Gasteiger partial charge in [0.1, 0.15) is 5.82 Å². The van der Waals surface area contributed by atoms with Crippen molar-refractivity contribution in [2.45, 2.75) is 38.5 Å². The number of nitrogens with two attached hydrogens (primary N) is 1. The molecule has 6 heteroatoms. The summed E-state index contributed by atoms with van der Waals surface area (Å²) in [7, 11) is -2.09. The van der Waals surface area contributed by atoms with E-state index >= 15 is 0 Å². The van der Waals surface area contributed by atoms with E-state index in [-0.39, 0.29) is 16.1 Å². The van der Waals surface area contributed by atoms with Crippen molar-refractivity contribution in [3.8, 4) is 0 Å². The first-order valence-electron chi connectivity index (χ1n) is 6.25. The second kappa shape index (κ2) is 5.88. The number of halogens is 1. The normalized spacial score (nSPS) is 12.1. The molecule has 0 saturated carbocycles. The van der Waals surface area contributed by atoms with E-state index in [0.29, 0.717) is 12.1 Å². The molecule has 0 amide bonds. The van der Waals surface area contributed by atoms with E-state index < -0.39 is 15.8 Å². The van der Waals surface area contributed by atoms with Crippen molar-refractivity contribution in [2.24, 2.45) is 0 Å². The summed E-state index contributed by atoms with van der Waals surface area (Å²) in [5, 5.41) is 0. The van der Waals surface area contributed by atoms with Gasteiger partial charge in [0.2, 0.25) is 10.0 Å². The SMILES string of the molecule is CCCCN(C)S(=O)(=O)c1c(C)cc(F)c(N)c1C. The highest BCUT2D eigenvalue weighted by Gasteiger charge is 2.26. The number of hydrogen-bond donors (Lipinski definition) is 1. The van der Waals surface area contributed by atoms with E-state index in [2.05, 4.69) is 0 Å². The number of unbranched alkanes of at least 4 members (excludes halogenated alkanes) is 1. The standard InChI is InChI=1S/C13H21FN2O2S/c1-5-6-7-16(4)19(17,18)13-9(2)8-11(14)12(15)10(13)3/h8H,5-7,15H2,1-4H3. The molecule has 1 aromatic rings. The molecule has 0 aliphatic heterocycles. The van der Waals surface area contributed by atoms with Gasteiger partial charge in [0.25, 0.3) is 0 Å². The lowest BCUT2D eigenvalue weighted by atomic mass is 10.1. The van der Waals surface area contributed by atoms with Gasteiger partial charge in [-0.05, 0) is 37.5 Å². The van der Waals surface area contributed by atoms with Gasteiger partial charge in [0.05, 0.1) is 10.6 Å². The van der Waals surface area contributed by atoms with Crippen LogP contribution in [0.1, 0.15) is 30.9 Å². The molecule has 0 saturated heterocycles. The van der Waals surface area contributed by atoms with Crippen molar-refractivity contribution in [1.82, 2.24) is 4.31 Å². The molecule has 108 valence electrons. The Morgan fingerprint density at radius 2 is 1.95 bits per heavy atom. The van der Waals surface area contributed by atoms with Gasteiger partial charge >= 0.3 is 0 Å². The molecule has 0 radical (unpaired) electrons. The monoisotopic (exact) mass is 288 g/mol. The minimum absolute atomic E-state index is 0.104. The lowest BCUT2D eigenvalue weighted by molar-refractivity contribution is 0.458. The molecule has 0 aliphatic carbocycles. The Bertz CT molecular complexity index is 570. The number of benzene rings is 1. The molecular weight excluding hydrogens is 267 g/mol. The second-order valence-electron chi connectivity index (χ2n) is 4.72. The van der Waals surface area contributed by atoms with Crippen molar-refractivity contribution in [3.63, 3.8) is 0 Å². The minimum atomic E-state index is -3.63. The Balaban J connectivity index is 3.33. The Morgan fingerprint density at radius 1 is 1.37 bits per heavy atom. The molecular formula is C13H21FN2O2S. The van der Waals surface area contributed by atoms with Crippen LogP contribution in [-0.2, 0) is 10.0 Å². The molecule has 1 aromatic carbocycles. The van der Waals surface area contributed by atoms with Crippen LogP contribution in [0.3, 0.4) is 0 Å². The van der Waals surface area contributed by atoms with Gasteiger partial charge in [0.15, 0.2) is 0 Å². The fourth-order valence-corrected chi connectivity index (χ4v) is 3.63. The zero-order valence-electron chi connectivity index (χ0n) is 11.8. The zero-order valence-corrected chi connectivity index (χ0v) is 12.6. The maximum Gasteiger partial charge on any atom is 0.243 e.